The van der Waals surface area contributed by atoms with Gasteiger partial charge in [0, 0.05) is 18.7 Å². The topological polar surface area (TPSA) is 30.5 Å². The summed E-state index contributed by atoms with van der Waals surface area (Å²) in [6.45, 7) is 8.78. The summed E-state index contributed by atoms with van der Waals surface area (Å²) < 4.78 is 13.4. The summed E-state index contributed by atoms with van der Waals surface area (Å²) >= 11 is 7.21. The van der Waals surface area contributed by atoms with Crippen LogP contribution in [0.15, 0.2) is 21.1 Å². The molecule has 5 heteroatoms. The van der Waals surface area contributed by atoms with Crippen LogP contribution in [0, 0.1) is 0 Å². The van der Waals surface area contributed by atoms with Crippen LogP contribution in [-0.2, 0) is 11.3 Å². The second-order valence-electron chi connectivity index (χ2n) is 6.44. The van der Waals surface area contributed by atoms with Gasteiger partial charge in [-0.2, -0.15) is 0 Å². The Kier molecular flexibility index (Phi) is 6.12. The summed E-state index contributed by atoms with van der Waals surface area (Å²) in [6.07, 6.45) is 2.45. The Morgan fingerprint density at radius 2 is 1.95 bits per heavy atom. The summed E-state index contributed by atoms with van der Waals surface area (Å²) in [6, 6.07) is 4.21. The van der Waals surface area contributed by atoms with E-state index in [-0.39, 0.29) is 11.6 Å². The molecule has 1 heterocycles. The molecule has 0 bridgehead atoms. The third-order valence-corrected chi connectivity index (χ3v) is 4.50. The van der Waals surface area contributed by atoms with Gasteiger partial charge < -0.3 is 14.8 Å². The number of ether oxygens (including phenoxy) is 2. The van der Waals surface area contributed by atoms with Crippen molar-refractivity contribution < 1.29 is 9.47 Å². The molecule has 0 amide bonds. The van der Waals surface area contributed by atoms with Crippen molar-refractivity contribution in [2.45, 2.75) is 51.8 Å². The minimum Gasteiger partial charge on any atom is -0.489 e. The summed E-state index contributed by atoms with van der Waals surface area (Å²) in [5.41, 5.74) is 1.32. The average Bonchev–Trinajstić information content (AvgIpc) is 2.87. The van der Waals surface area contributed by atoms with Crippen molar-refractivity contribution in [2.24, 2.45) is 0 Å². The van der Waals surface area contributed by atoms with Crippen LogP contribution in [0.5, 0.6) is 5.75 Å². The van der Waals surface area contributed by atoms with Gasteiger partial charge in [0.2, 0.25) is 0 Å². The highest BCUT2D eigenvalue weighted by Crippen LogP contribution is 2.35. The lowest BCUT2D eigenvalue weighted by Gasteiger charge is -2.21. The molecule has 1 atom stereocenters. The van der Waals surface area contributed by atoms with Crippen LogP contribution in [0.1, 0.15) is 39.2 Å². The van der Waals surface area contributed by atoms with Crippen molar-refractivity contribution in [3.63, 3.8) is 0 Å². The van der Waals surface area contributed by atoms with Crippen molar-refractivity contribution in [1.82, 2.24) is 5.32 Å². The Labute approximate surface area is 144 Å². The van der Waals surface area contributed by atoms with E-state index < -0.39 is 0 Å². The van der Waals surface area contributed by atoms with Crippen LogP contribution in [0.3, 0.4) is 0 Å². The van der Waals surface area contributed by atoms with Crippen molar-refractivity contribution in [3.05, 3.63) is 26.6 Å². The highest BCUT2D eigenvalue weighted by Gasteiger charge is 2.18. The zero-order valence-electron chi connectivity index (χ0n) is 12.8. The van der Waals surface area contributed by atoms with Gasteiger partial charge in [-0.3, -0.25) is 0 Å². The minimum absolute atomic E-state index is 0.105. The lowest BCUT2D eigenvalue weighted by Crippen LogP contribution is -2.35. The Balaban J connectivity index is 1.99. The molecule has 21 heavy (non-hydrogen) atoms. The Bertz CT molecular complexity index is 457. The van der Waals surface area contributed by atoms with Gasteiger partial charge in [0.15, 0.2) is 0 Å². The predicted octanol–water partition coefficient (Wildman–Crippen LogP) is 4.66. The summed E-state index contributed by atoms with van der Waals surface area (Å²) in [7, 11) is 0. The van der Waals surface area contributed by atoms with Crippen LogP contribution in [0.25, 0.3) is 0 Å². The maximum Gasteiger partial charge on any atom is 0.147 e. The van der Waals surface area contributed by atoms with Crippen LogP contribution < -0.4 is 10.1 Å². The third kappa shape index (κ3) is 5.55. The normalized spacial score (nSPS) is 19.0. The smallest absolute Gasteiger partial charge is 0.147 e. The highest BCUT2D eigenvalue weighted by molar-refractivity contribution is 9.11. The van der Waals surface area contributed by atoms with Gasteiger partial charge >= 0.3 is 0 Å². The molecule has 0 saturated carbocycles. The van der Waals surface area contributed by atoms with E-state index in [1.54, 1.807) is 0 Å². The fourth-order valence-electron chi connectivity index (χ4n) is 2.17. The molecule has 1 saturated heterocycles. The largest absolute Gasteiger partial charge is 0.489 e. The Morgan fingerprint density at radius 1 is 1.29 bits per heavy atom. The molecule has 1 aliphatic rings. The zero-order chi connectivity index (χ0) is 15.5. The zero-order valence-corrected chi connectivity index (χ0v) is 16.0. The second-order valence-corrected chi connectivity index (χ2v) is 8.15. The monoisotopic (exact) mass is 419 g/mol. The van der Waals surface area contributed by atoms with Gasteiger partial charge in [0.1, 0.15) is 12.4 Å². The lowest BCUT2D eigenvalue weighted by atomic mass is 10.1. The standard InChI is InChI=1S/C16H23Br2NO2/c1-16(2,3)19-9-11-7-13(17)15(14(18)8-11)21-10-12-5-4-6-20-12/h7-8,12,19H,4-6,9-10H2,1-3H3. The quantitative estimate of drug-likeness (QED) is 0.751. The summed E-state index contributed by atoms with van der Waals surface area (Å²) in [5.74, 6) is 0.852. The summed E-state index contributed by atoms with van der Waals surface area (Å²) in [5, 5.41) is 3.49. The van der Waals surface area contributed by atoms with Gasteiger partial charge in [-0.1, -0.05) is 0 Å². The van der Waals surface area contributed by atoms with E-state index in [0.717, 1.165) is 40.7 Å². The number of rotatable bonds is 5. The van der Waals surface area contributed by atoms with E-state index in [1.807, 2.05) is 0 Å². The first-order valence-corrected chi connectivity index (χ1v) is 8.91. The molecule has 1 aliphatic heterocycles. The molecule has 2 rings (SSSR count). The maximum absolute atomic E-state index is 5.91. The van der Waals surface area contributed by atoms with E-state index in [2.05, 4.69) is 70.1 Å². The molecule has 0 spiro atoms. The lowest BCUT2D eigenvalue weighted by molar-refractivity contribution is 0.0674. The average molecular weight is 421 g/mol. The van der Waals surface area contributed by atoms with Crippen LogP contribution in [-0.4, -0.2) is 24.9 Å². The van der Waals surface area contributed by atoms with Crippen LogP contribution in [0.2, 0.25) is 0 Å². The van der Waals surface area contributed by atoms with E-state index in [1.165, 1.54) is 5.56 Å². The molecule has 0 radical (unpaired) electrons. The molecule has 0 aromatic heterocycles. The van der Waals surface area contributed by atoms with Crippen LogP contribution >= 0.6 is 31.9 Å². The molecule has 3 nitrogen and oxygen atoms in total. The number of hydrogen-bond acceptors (Lipinski definition) is 3. The molecular weight excluding hydrogens is 398 g/mol. The first kappa shape index (κ1) is 17.3. The fraction of sp³-hybridized carbons (Fsp3) is 0.625. The van der Waals surface area contributed by atoms with E-state index in [0.29, 0.717) is 6.61 Å². The molecular formula is C16H23Br2NO2. The molecule has 1 fully saturated rings. The third-order valence-electron chi connectivity index (χ3n) is 3.32. The SMILES string of the molecule is CC(C)(C)NCc1cc(Br)c(OCC2CCCO2)c(Br)c1. The van der Waals surface area contributed by atoms with Crippen molar-refractivity contribution in [1.29, 1.82) is 0 Å². The first-order chi connectivity index (χ1) is 9.85. The number of benzene rings is 1. The molecule has 118 valence electrons. The second kappa shape index (κ2) is 7.44. The van der Waals surface area contributed by atoms with Crippen molar-refractivity contribution >= 4 is 31.9 Å². The molecule has 1 unspecified atom stereocenters. The molecule has 1 aromatic rings. The van der Waals surface area contributed by atoms with E-state index in [9.17, 15) is 0 Å². The van der Waals surface area contributed by atoms with Gasteiger partial charge in [0.25, 0.3) is 0 Å². The van der Waals surface area contributed by atoms with Gasteiger partial charge in [-0.25, -0.2) is 0 Å². The number of hydrogen-bond donors (Lipinski definition) is 1. The Hall–Kier alpha value is -0.100. The Morgan fingerprint density at radius 3 is 2.48 bits per heavy atom. The molecule has 1 N–H and O–H groups in total. The first-order valence-electron chi connectivity index (χ1n) is 7.32. The maximum atomic E-state index is 5.91. The summed E-state index contributed by atoms with van der Waals surface area (Å²) in [4.78, 5) is 0. The van der Waals surface area contributed by atoms with Gasteiger partial charge in [-0.15, -0.1) is 0 Å². The van der Waals surface area contributed by atoms with E-state index >= 15 is 0 Å². The van der Waals surface area contributed by atoms with Gasteiger partial charge in [-0.05, 0) is 83.2 Å². The van der Waals surface area contributed by atoms with Crippen molar-refractivity contribution in [3.8, 4) is 5.75 Å². The predicted molar refractivity (Wildman–Crippen MR) is 92.9 cm³/mol. The van der Waals surface area contributed by atoms with Gasteiger partial charge in [0.05, 0.1) is 15.0 Å². The number of halogens is 2. The molecule has 1 aromatic carbocycles. The van der Waals surface area contributed by atoms with E-state index in [4.69, 9.17) is 9.47 Å². The van der Waals surface area contributed by atoms with Crippen LogP contribution in [0.4, 0.5) is 0 Å². The number of nitrogens with one attached hydrogen (secondary N) is 1. The minimum atomic E-state index is 0.105. The fourth-order valence-corrected chi connectivity index (χ4v) is 3.68. The molecule has 0 aliphatic carbocycles. The van der Waals surface area contributed by atoms with Crippen molar-refractivity contribution in [2.75, 3.05) is 13.2 Å². The highest BCUT2D eigenvalue weighted by atomic mass is 79.9.